The standard InChI is InChI=1S/C23H26ClN3O6/c1-26(2)23(30)13-6-7-16(24)17(8-13)25-22(29)14-9-20(28)27(12-14)15-10-18(31-3)21(33-5)19(11-15)32-4/h6-8,10-11,14H,9,12H2,1-5H3,(H,25,29). The number of ether oxygens (including phenoxy) is 3. The van der Waals surface area contributed by atoms with E-state index in [2.05, 4.69) is 5.32 Å². The number of methoxy groups -OCH3 is 3. The van der Waals surface area contributed by atoms with Gasteiger partial charge < -0.3 is 29.3 Å². The predicted octanol–water partition coefficient (Wildman–Crippen LogP) is 3.06. The van der Waals surface area contributed by atoms with Gasteiger partial charge in [0.15, 0.2) is 11.5 Å². The number of anilines is 2. The van der Waals surface area contributed by atoms with Crippen molar-refractivity contribution in [2.24, 2.45) is 5.92 Å². The van der Waals surface area contributed by atoms with Crippen LogP contribution in [0.2, 0.25) is 5.02 Å². The third-order valence-electron chi connectivity index (χ3n) is 5.33. The maximum atomic E-state index is 12.9. The van der Waals surface area contributed by atoms with E-state index in [1.54, 1.807) is 38.4 Å². The highest BCUT2D eigenvalue weighted by Crippen LogP contribution is 2.42. The van der Waals surface area contributed by atoms with E-state index < -0.39 is 5.92 Å². The highest BCUT2D eigenvalue weighted by Gasteiger charge is 2.36. The summed E-state index contributed by atoms with van der Waals surface area (Å²) in [5.74, 6) is -0.191. The van der Waals surface area contributed by atoms with E-state index in [0.29, 0.717) is 39.2 Å². The largest absolute Gasteiger partial charge is 0.493 e. The third kappa shape index (κ3) is 4.98. The van der Waals surface area contributed by atoms with Crippen molar-refractivity contribution in [1.82, 2.24) is 4.90 Å². The number of hydrogen-bond donors (Lipinski definition) is 1. The van der Waals surface area contributed by atoms with Crippen LogP contribution in [0.25, 0.3) is 0 Å². The van der Waals surface area contributed by atoms with Gasteiger partial charge in [-0.15, -0.1) is 0 Å². The van der Waals surface area contributed by atoms with Gasteiger partial charge in [0.05, 0.1) is 43.6 Å². The maximum Gasteiger partial charge on any atom is 0.253 e. The summed E-state index contributed by atoms with van der Waals surface area (Å²) in [7, 11) is 7.74. The summed E-state index contributed by atoms with van der Waals surface area (Å²) >= 11 is 6.22. The van der Waals surface area contributed by atoms with Gasteiger partial charge in [0.25, 0.3) is 5.91 Å². The minimum atomic E-state index is -0.610. The van der Waals surface area contributed by atoms with Crippen molar-refractivity contribution in [3.8, 4) is 17.2 Å². The highest BCUT2D eigenvalue weighted by atomic mass is 35.5. The summed E-state index contributed by atoms with van der Waals surface area (Å²) in [6.45, 7) is 0.164. The van der Waals surface area contributed by atoms with Crippen molar-refractivity contribution in [3.05, 3.63) is 40.9 Å². The Balaban J connectivity index is 1.80. The number of nitrogens with zero attached hydrogens (tertiary/aromatic N) is 2. The number of carbonyl (C=O) groups excluding carboxylic acids is 3. The van der Waals surface area contributed by atoms with Crippen LogP contribution in [0.15, 0.2) is 30.3 Å². The van der Waals surface area contributed by atoms with E-state index in [9.17, 15) is 14.4 Å². The minimum Gasteiger partial charge on any atom is -0.493 e. The fraction of sp³-hybridized carbons (Fsp3) is 0.348. The monoisotopic (exact) mass is 475 g/mol. The second-order valence-corrected chi connectivity index (χ2v) is 8.08. The summed E-state index contributed by atoms with van der Waals surface area (Å²) in [5.41, 5.74) is 1.23. The molecule has 0 saturated carbocycles. The zero-order valence-corrected chi connectivity index (χ0v) is 19.9. The molecule has 1 heterocycles. The Bertz CT molecular complexity index is 1060. The van der Waals surface area contributed by atoms with Crippen molar-refractivity contribution in [2.45, 2.75) is 6.42 Å². The van der Waals surface area contributed by atoms with Crippen molar-refractivity contribution < 1.29 is 28.6 Å². The quantitative estimate of drug-likeness (QED) is 0.661. The van der Waals surface area contributed by atoms with Gasteiger partial charge in [-0.1, -0.05) is 11.6 Å². The fourth-order valence-corrected chi connectivity index (χ4v) is 3.77. The second kappa shape index (κ2) is 9.99. The molecular formula is C23H26ClN3O6. The second-order valence-electron chi connectivity index (χ2n) is 7.67. The molecule has 3 amide bonds. The number of rotatable bonds is 7. The van der Waals surface area contributed by atoms with E-state index in [1.165, 1.54) is 37.2 Å². The molecule has 3 rings (SSSR count). The molecule has 1 aliphatic heterocycles. The first-order chi connectivity index (χ1) is 15.7. The van der Waals surface area contributed by atoms with Crippen LogP contribution >= 0.6 is 11.6 Å². The molecule has 9 nitrogen and oxygen atoms in total. The van der Waals surface area contributed by atoms with Gasteiger partial charge in [-0.2, -0.15) is 0 Å². The van der Waals surface area contributed by atoms with E-state index in [-0.39, 0.29) is 30.7 Å². The van der Waals surface area contributed by atoms with Crippen LogP contribution < -0.4 is 24.4 Å². The van der Waals surface area contributed by atoms with Crippen molar-refractivity contribution in [2.75, 3.05) is 52.2 Å². The molecule has 1 unspecified atom stereocenters. The number of hydrogen-bond acceptors (Lipinski definition) is 6. The molecule has 0 aromatic heterocycles. The highest BCUT2D eigenvalue weighted by molar-refractivity contribution is 6.34. The predicted molar refractivity (Wildman–Crippen MR) is 125 cm³/mol. The van der Waals surface area contributed by atoms with Gasteiger partial charge in [-0.3, -0.25) is 14.4 Å². The summed E-state index contributed by atoms with van der Waals surface area (Å²) in [6.07, 6.45) is 0.0242. The Hall–Kier alpha value is -3.46. The number of nitrogens with one attached hydrogen (secondary N) is 1. The van der Waals surface area contributed by atoms with Crippen molar-refractivity contribution in [1.29, 1.82) is 0 Å². The molecule has 0 radical (unpaired) electrons. The van der Waals surface area contributed by atoms with E-state index in [1.807, 2.05) is 0 Å². The first-order valence-electron chi connectivity index (χ1n) is 10.1. The first-order valence-corrected chi connectivity index (χ1v) is 10.5. The molecule has 2 aromatic rings. The van der Waals surface area contributed by atoms with Gasteiger partial charge >= 0.3 is 0 Å². The third-order valence-corrected chi connectivity index (χ3v) is 5.66. The van der Waals surface area contributed by atoms with Crippen LogP contribution in [-0.4, -0.2) is 64.6 Å². The van der Waals surface area contributed by atoms with E-state index in [0.717, 1.165) is 0 Å². The number of carbonyl (C=O) groups is 3. The molecular weight excluding hydrogens is 450 g/mol. The minimum absolute atomic E-state index is 0.0242. The van der Waals surface area contributed by atoms with Gasteiger partial charge in [0.1, 0.15) is 0 Å². The first kappa shape index (κ1) is 24.2. The average Bonchev–Trinajstić information content (AvgIpc) is 3.20. The number of benzene rings is 2. The molecule has 1 aliphatic rings. The number of amides is 3. The Morgan fingerprint density at radius 3 is 2.24 bits per heavy atom. The smallest absolute Gasteiger partial charge is 0.253 e. The fourth-order valence-electron chi connectivity index (χ4n) is 3.60. The lowest BCUT2D eigenvalue weighted by atomic mass is 10.1. The van der Waals surface area contributed by atoms with Crippen LogP contribution in [0.1, 0.15) is 16.8 Å². The van der Waals surface area contributed by atoms with E-state index >= 15 is 0 Å². The molecule has 1 atom stereocenters. The van der Waals surface area contributed by atoms with Crippen LogP contribution in [-0.2, 0) is 9.59 Å². The Morgan fingerprint density at radius 1 is 1.06 bits per heavy atom. The lowest BCUT2D eigenvalue weighted by Gasteiger charge is -2.20. The van der Waals surface area contributed by atoms with Crippen LogP contribution in [0.4, 0.5) is 11.4 Å². The SMILES string of the molecule is COc1cc(N2CC(C(=O)Nc3cc(C(=O)N(C)C)ccc3Cl)CC2=O)cc(OC)c1OC. The molecule has 33 heavy (non-hydrogen) atoms. The molecule has 0 aliphatic carbocycles. The molecule has 1 N–H and O–H groups in total. The zero-order valence-electron chi connectivity index (χ0n) is 19.1. The molecule has 176 valence electrons. The summed E-state index contributed by atoms with van der Waals surface area (Å²) in [6, 6.07) is 7.98. The molecule has 1 fully saturated rings. The normalized spacial score (nSPS) is 15.3. The van der Waals surface area contributed by atoms with Gasteiger partial charge in [0, 0.05) is 44.8 Å². The van der Waals surface area contributed by atoms with Gasteiger partial charge in [-0.05, 0) is 18.2 Å². The average molecular weight is 476 g/mol. The van der Waals surface area contributed by atoms with Crippen LogP contribution in [0.3, 0.4) is 0 Å². The Kier molecular flexibility index (Phi) is 7.33. The Morgan fingerprint density at radius 2 is 1.70 bits per heavy atom. The molecule has 0 bridgehead atoms. The van der Waals surface area contributed by atoms with Crippen LogP contribution in [0.5, 0.6) is 17.2 Å². The van der Waals surface area contributed by atoms with Crippen molar-refractivity contribution in [3.63, 3.8) is 0 Å². The zero-order chi connectivity index (χ0) is 24.3. The van der Waals surface area contributed by atoms with E-state index in [4.69, 9.17) is 25.8 Å². The van der Waals surface area contributed by atoms with Gasteiger partial charge in [0.2, 0.25) is 17.6 Å². The summed E-state index contributed by atoms with van der Waals surface area (Å²) in [5, 5.41) is 3.05. The summed E-state index contributed by atoms with van der Waals surface area (Å²) < 4.78 is 16.0. The summed E-state index contributed by atoms with van der Waals surface area (Å²) in [4.78, 5) is 40.8. The van der Waals surface area contributed by atoms with Gasteiger partial charge in [-0.25, -0.2) is 0 Å². The molecule has 2 aromatic carbocycles. The Labute approximate surface area is 197 Å². The molecule has 1 saturated heterocycles. The lowest BCUT2D eigenvalue weighted by molar-refractivity contribution is -0.122. The lowest BCUT2D eigenvalue weighted by Crippen LogP contribution is -2.28. The topological polar surface area (TPSA) is 97.4 Å². The molecule has 10 heteroatoms. The molecule has 0 spiro atoms. The maximum absolute atomic E-state index is 12.9. The van der Waals surface area contributed by atoms with Crippen molar-refractivity contribution >= 4 is 40.7 Å². The van der Waals surface area contributed by atoms with Crippen LogP contribution in [0, 0.1) is 5.92 Å². The number of halogens is 1.